The highest BCUT2D eigenvalue weighted by Crippen LogP contribution is 2.27. The molecule has 170 valence electrons. The number of nitrogens with one attached hydrogen (secondary N) is 1. The largest absolute Gasteiger partial charge is 0.333 e. The Kier molecular flexibility index (Phi) is 7.58. The van der Waals surface area contributed by atoms with Crippen molar-refractivity contribution in [2.75, 3.05) is 18.4 Å². The quantitative estimate of drug-likeness (QED) is 0.655. The van der Waals surface area contributed by atoms with Gasteiger partial charge in [-0.3, -0.25) is 9.59 Å². The smallest absolute Gasteiger partial charge is 0.245 e. The number of hydrogen-bond acceptors (Lipinski definition) is 3. The predicted molar refractivity (Wildman–Crippen MR) is 127 cm³/mol. The van der Waals surface area contributed by atoms with Crippen molar-refractivity contribution in [3.05, 3.63) is 41.0 Å². The van der Waals surface area contributed by atoms with Gasteiger partial charge in [-0.1, -0.05) is 67.0 Å². The average Bonchev–Trinajstić information content (AvgIpc) is 3.04. The molecule has 0 fully saturated rings. The van der Waals surface area contributed by atoms with Gasteiger partial charge in [0.25, 0.3) is 0 Å². The Balaban J connectivity index is 2.33. The number of rotatable bonds is 6. The van der Waals surface area contributed by atoms with Gasteiger partial charge in [0.15, 0.2) is 0 Å². The molecule has 1 N–H and O–H groups in total. The lowest BCUT2D eigenvalue weighted by molar-refractivity contribution is -0.142. The number of amides is 2. The van der Waals surface area contributed by atoms with E-state index in [0.717, 1.165) is 11.4 Å². The fraction of sp³-hybridized carbons (Fsp3) is 0.542. The molecule has 7 heteroatoms. The van der Waals surface area contributed by atoms with E-state index >= 15 is 0 Å². The molecule has 1 heterocycles. The molecular weight excluding hydrogens is 412 g/mol. The van der Waals surface area contributed by atoms with E-state index in [4.69, 9.17) is 16.7 Å². The van der Waals surface area contributed by atoms with Gasteiger partial charge in [-0.2, -0.15) is 5.10 Å². The summed E-state index contributed by atoms with van der Waals surface area (Å²) >= 11 is 6.03. The summed E-state index contributed by atoms with van der Waals surface area (Å²) in [5.74, 6) is 0.517. The predicted octanol–water partition coefficient (Wildman–Crippen LogP) is 5.29. The van der Waals surface area contributed by atoms with Crippen LogP contribution < -0.4 is 5.32 Å². The monoisotopic (exact) mass is 446 g/mol. The molecule has 31 heavy (non-hydrogen) atoms. The molecule has 2 aromatic rings. The number of carbonyl (C=O) groups excluding carboxylic acids is 2. The van der Waals surface area contributed by atoms with E-state index in [1.165, 1.54) is 0 Å². The highest BCUT2D eigenvalue weighted by molar-refractivity contribution is 6.30. The molecule has 1 aromatic heterocycles. The minimum absolute atomic E-state index is 0.00900. The lowest BCUT2D eigenvalue weighted by Gasteiger charge is -2.30. The number of halogens is 1. The van der Waals surface area contributed by atoms with E-state index in [2.05, 4.69) is 26.1 Å². The van der Waals surface area contributed by atoms with Crippen LogP contribution in [0.3, 0.4) is 0 Å². The molecule has 2 amide bonds. The van der Waals surface area contributed by atoms with Crippen LogP contribution in [0.4, 0.5) is 5.82 Å². The van der Waals surface area contributed by atoms with Crippen molar-refractivity contribution in [2.45, 2.75) is 60.8 Å². The Labute approximate surface area is 191 Å². The molecule has 0 bridgehead atoms. The molecular formula is C24H35ClN4O2. The van der Waals surface area contributed by atoms with Crippen molar-refractivity contribution in [1.29, 1.82) is 0 Å². The molecule has 0 aliphatic carbocycles. The molecule has 0 saturated heterocycles. The number of hydrogen-bond donors (Lipinski definition) is 1. The van der Waals surface area contributed by atoms with E-state index in [-0.39, 0.29) is 29.7 Å². The zero-order valence-corrected chi connectivity index (χ0v) is 20.7. The Hall–Kier alpha value is -2.34. The third-order valence-electron chi connectivity index (χ3n) is 4.67. The van der Waals surface area contributed by atoms with Crippen LogP contribution in [0.15, 0.2) is 30.3 Å². The first-order valence-corrected chi connectivity index (χ1v) is 11.0. The van der Waals surface area contributed by atoms with Crippen LogP contribution in [0, 0.1) is 11.3 Å². The molecule has 0 aliphatic heterocycles. The van der Waals surface area contributed by atoms with Gasteiger partial charge in [0.2, 0.25) is 11.8 Å². The first kappa shape index (κ1) is 24.9. The van der Waals surface area contributed by atoms with Gasteiger partial charge in [0.05, 0.1) is 17.9 Å². The first-order valence-electron chi connectivity index (χ1n) is 10.6. The standard InChI is InChI=1S/C24H35ClN4O2/c1-16(2)14-28(22(31)24(6,7)8)15-21(30)26-20-13-19(23(3,4)5)27-29(20)18-11-9-17(25)10-12-18/h9-13,16H,14-15H2,1-8H3,(H,26,30). The zero-order valence-electron chi connectivity index (χ0n) is 19.9. The van der Waals surface area contributed by atoms with E-state index in [0.29, 0.717) is 17.4 Å². The van der Waals surface area contributed by atoms with Crippen molar-refractivity contribution in [2.24, 2.45) is 11.3 Å². The summed E-state index contributed by atoms with van der Waals surface area (Å²) in [5, 5.41) is 8.30. The maximum Gasteiger partial charge on any atom is 0.245 e. The number of anilines is 1. The maximum atomic E-state index is 13.0. The summed E-state index contributed by atoms with van der Waals surface area (Å²) in [6.45, 7) is 16.4. The second-order valence-corrected chi connectivity index (χ2v) is 10.9. The Morgan fingerprint density at radius 3 is 2.16 bits per heavy atom. The SMILES string of the molecule is CC(C)CN(CC(=O)Nc1cc(C(C)(C)C)nn1-c1ccc(Cl)cc1)C(=O)C(C)(C)C. The van der Waals surface area contributed by atoms with Crippen LogP contribution >= 0.6 is 11.6 Å². The number of benzene rings is 1. The summed E-state index contributed by atoms with van der Waals surface area (Å²) in [6.07, 6.45) is 0. The lowest BCUT2D eigenvalue weighted by Crippen LogP contribution is -2.45. The maximum absolute atomic E-state index is 13.0. The zero-order chi connectivity index (χ0) is 23.6. The summed E-state index contributed by atoms with van der Waals surface area (Å²) in [7, 11) is 0. The van der Waals surface area contributed by atoms with Crippen LogP contribution in [0.25, 0.3) is 5.69 Å². The highest BCUT2D eigenvalue weighted by atomic mass is 35.5. The van der Waals surface area contributed by atoms with Crippen LogP contribution in [0.2, 0.25) is 5.02 Å². The van der Waals surface area contributed by atoms with Crippen LogP contribution in [0.1, 0.15) is 61.1 Å². The average molecular weight is 447 g/mol. The molecule has 0 unspecified atom stereocenters. The topological polar surface area (TPSA) is 67.2 Å². The van der Waals surface area contributed by atoms with Gasteiger partial charge >= 0.3 is 0 Å². The van der Waals surface area contributed by atoms with Gasteiger partial charge in [-0.25, -0.2) is 4.68 Å². The normalized spacial score (nSPS) is 12.2. The fourth-order valence-corrected chi connectivity index (χ4v) is 3.23. The van der Waals surface area contributed by atoms with Crippen molar-refractivity contribution in [3.8, 4) is 5.69 Å². The number of carbonyl (C=O) groups is 2. The van der Waals surface area contributed by atoms with Crippen molar-refractivity contribution in [3.63, 3.8) is 0 Å². The third kappa shape index (κ3) is 6.82. The van der Waals surface area contributed by atoms with Crippen LogP contribution in [-0.2, 0) is 15.0 Å². The second kappa shape index (κ2) is 9.43. The van der Waals surface area contributed by atoms with Crippen LogP contribution in [0.5, 0.6) is 0 Å². The summed E-state index contributed by atoms with van der Waals surface area (Å²) in [6, 6.07) is 9.16. The molecule has 2 rings (SSSR count). The first-order chi connectivity index (χ1) is 14.2. The summed E-state index contributed by atoms with van der Waals surface area (Å²) in [5.41, 5.74) is 0.894. The number of aromatic nitrogens is 2. The number of nitrogens with zero attached hydrogens (tertiary/aromatic N) is 3. The minimum atomic E-state index is -0.556. The van der Waals surface area contributed by atoms with Gasteiger partial charge in [-0.15, -0.1) is 0 Å². The van der Waals surface area contributed by atoms with E-state index in [1.54, 1.807) is 21.7 Å². The van der Waals surface area contributed by atoms with Crippen molar-refractivity contribution >= 4 is 29.2 Å². The van der Waals surface area contributed by atoms with Crippen molar-refractivity contribution < 1.29 is 9.59 Å². The second-order valence-electron chi connectivity index (χ2n) is 10.4. The molecule has 6 nitrogen and oxygen atoms in total. The highest BCUT2D eigenvalue weighted by Gasteiger charge is 2.29. The Morgan fingerprint density at radius 1 is 1.10 bits per heavy atom. The Morgan fingerprint density at radius 2 is 1.68 bits per heavy atom. The molecule has 0 aliphatic rings. The molecule has 0 saturated carbocycles. The summed E-state index contributed by atoms with van der Waals surface area (Å²) in [4.78, 5) is 27.5. The van der Waals surface area contributed by atoms with E-state index < -0.39 is 5.41 Å². The molecule has 0 atom stereocenters. The van der Waals surface area contributed by atoms with E-state index in [9.17, 15) is 9.59 Å². The van der Waals surface area contributed by atoms with Gasteiger partial charge in [0, 0.05) is 28.5 Å². The van der Waals surface area contributed by atoms with Crippen molar-refractivity contribution in [1.82, 2.24) is 14.7 Å². The summed E-state index contributed by atoms with van der Waals surface area (Å²) < 4.78 is 1.70. The molecule has 1 aromatic carbocycles. The van der Waals surface area contributed by atoms with Gasteiger partial charge in [0.1, 0.15) is 5.82 Å². The van der Waals surface area contributed by atoms with Gasteiger partial charge < -0.3 is 10.2 Å². The Bertz CT molecular complexity index is 919. The minimum Gasteiger partial charge on any atom is -0.333 e. The third-order valence-corrected chi connectivity index (χ3v) is 4.92. The van der Waals surface area contributed by atoms with Crippen LogP contribution in [-0.4, -0.2) is 39.6 Å². The van der Waals surface area contributed by atoms with Gasteiger partial charge in [-0.05, 0) is 30.2 Å². The lowest BCUT2D eigenvalue weighted by atomic mass is 9.92. The fourth-order valence-electron chi connectivity index (χ4n) is 3.11. The molecule has 0 radical (unpaired) electrons. The molecule has 0 spiro atoms. The van der Waals surface area contributed by atoms with E-state index in [1.807, 2.05) is 52.8 Å².